The zero-order valence-corrected chi connectivity index (χ0v) is 16.6. The molecule has 1 aliphatic rings. The fourth-order valence-corrected chi connectivity index (χ4v) is 4.30. The number of hydrogen-bond acceptors (Lipinski definition) is 3. The van der Waals surface area contributed by atoms with E-state index in [1.54, 1.807) is 17.6 Å². The van der Waals surface area contributed by atoms with E-state index in [1.165, 1.54) is 11.1 Å². The molecule has 5 heteroatoms. The average Bonchev–Trinajstić information content (AvgIpc) is 2.73. The van der Waals surface area contributed by atoms with Crippen molar-refractivity contribution in [2.75, 3.05) is 7.05 Å². The van der Waals surface area contributed by atoms with Crippen LogP contribution in [0.3, 0.4) is 0 Å². The number of hydrogen-bond donors (Lipinski definition) is 0. The normalized spacial score (nSPS) is 16.0. The molecule has 2 aromatic carbocycles. The smallest absolute Gasteiger partial charge is 0.272 e. The largest absolute Gasteiger partial charge is 0.335 e. The van der Waals surface area contributed by atoms with Crippen molar-refractivity contribution in [2.45, 2.75) is 45.7 Å². The molecule has 1 amide bonds. The minimum atomic E-state index is -0.0787. The van der Waals surface area contributed by atoms with Crippen molar-refractivity contribution in [1.29, 1.82) is 0 Å². The first-order valence-corrected chi connectivity index (χ1v) is 9.87. The zero-order valence-electron chi connectivity index (χ0n) is 16.6. The van der Waals surface area contributed by atoms with Gasteiger partial charge in [0.25, 0.3) is 11.5 Å². The Morgan fingerprint density at radius 2 is 2.04 bits per heavy atom. The second-order valence-corrected chi connectivity index (χ2v) is 7.47. The van der Waals surface area contributed by atoms with Gasteiger partial charge in [-0.2, -0.15) is 0 Å². The van der Waals surface area contributed by atoms with Crippen LogP contribution in [0.4, 0.5) is 0 Å². The van der Waals surface area contributed by atoms with E-state index in [4.69, 9.17) is 0 Å². The van der Waals surface area contributed by atoms with Crippen LogP contribution in [0.1, 0.15) is 53.0 Å². The molecule has 28 heavy (non-hydrogen) atoms. The molecule has 0 fully saturated rings. The lowest BCUT2D eigenvalue weighted by Gasteiger charge is -2.33. The van der Waals surface area contributed by atoms with Gasteiger partial charge in [0.15, 0.2) is 0 Å². The predicted octanol–water partition coefficient (Wildman–Crippen LogP) is 3.87. The van der Waals surface area contributed by atoms with Crippen LogP contribution in [0.5, 0.6) is 0 Å². The van der Waals surface area contributed by atoms with Gasteiger partial charge in [-0.05, 0) is 62.4 Å². The van der Waals surface area contributed by atoms with E-state index in [-0.39, 0.29) is 17.5 Å². The van der Waals surface area contributed by atoms with Crippen LogP contribution in [-0.2, 0) is 13.0 Å². The molecule has 0 spiro atoms. The van der Waals surface area contributed by atoms with Crippen LogP contribution in [0.2, 0.25) is 0 Å². The molecular weight excluding hydrogens is 350 g/mol. The van der Waals surface area contributed by atoms with Gasteiger partial charge in [0, 0.05) is 19.2 Å². The molecule has 0 unspecified atom stereocenters. The summed E-state index contributed by atoms with van der Waals surface area (Å²) < 4.78 is 1.70. The summed E-state index contributed by atoms with van der Waals surface area (Å²) in [5.41, 5.74) is 5.01. The van der Waals surface area contributed by atoms with Gasteiger partial charge in [0.1, 0.15) is 5.69 Å². The first kappa shape index (κ1) is 18.4. The molecule has 0 saturated carbocycles. The third-order valence-corrected chi connectivity index (χ3v) is 5.80. The summed E-state index contributed by atoms with van der Waals surface area (Å²) in [6, 6.07) is 13.9. The highest BCUT2D eigenvalue weighted by atomic mass is 16.2. The van der Waals surface area contributed by atoms with Crippen LogP contribution in [-0.4, -0.2) is 27.4 Å². The summed E-state index contributed by atoms with van der Waals surface area (Å²) in [7, 11) is 1.88. The van der Waals surface area contributed by atoms with E-state index < -0.39 is 0 Å². The summed E-state index contributed by atoms with van der Waals surface area (Å²) in [6.07, 6.45) is 3.13. The predicted molar refractivity (Wildman–Crippen MR) is 111 cm³/mol. The van der Waals surface area contributed by atoms with Crippen LogP contribution >= 0.6 is 0 Å². The molecule has 0 bridgehead atoms. The lowest BCUT2D eigenvalue weighted by molar-refractivity contribution is 0.0715. The molecule has 1 atom stereocenters. The molecule has 0 radical (unpaired) electrons. The van der Waals surface area contributed by atoms with Gasteiger partial charge < -0.3 is 9.47 Å². The Hall–Kier alpha value is -2.95. The van der Waals surface area contributed by atoms with Gasteiger partial charge in [-0.25, -0.2) is 4.98 Å². The van der Waals surface area contributed by atoms with Gasteiger partial charge in [0.05, 0.1) is 17.1 Å². The van der Waals surface area contributed by atoms with Crippen molar-refractivity contribution in [3.8, 4) is 0 Å². The first-order valence-electron chi connectivity index (χ1n) is 9.87. The number of aromatic nitrogens is 2. The SMILES string of the molecule is CCn1c(=O)c(C)nc2cc(C(=O)N(C)[C@@H]3CCCc4ccccc43)ccc21. The van der Waals surface area contributed by atoms with Crippen LogP contribution < -0.4 is 5.56 Å². The number of nitrogens with zero attached hydrogens (tertiary/aromatic N) is 3. The number of carbonyl (C=O) groups is 1. The number of amides is 1. The Bertz CT molecular complexity index is 1120. The summed E-state index contributed by atoms with van der Waals surface area (Å²) >= 11 is 0. The Morgan fingerprint density at radius 1 is 1.25 bits per heavy atom. The Morgan fingerprint density at radius 3 is 2.82 bits per heavy atom. The zero-order chi connectivity index (χ0) is 19.8. The van der Waals surface area contributed by atoms with Gasteiger partial charge in [-0.15, -0.1) is 0 Å². The van der Waals surface area contributed by atoms with E-state index in [9.17, 15) is 9.59 Å². The van der Waals surface area contributed by atoms with Gasteiger partial charge in [-0.1, -0.05) is 24.3 Å². The van der Waals surface area contributed by atoms with Gasteiger partial charge >= 0.3 is 0 Å². The summed E-state index contributed by atoms with van der Waals surface area (Å²) in [5.74, 6) is -0.0164. The fraction of sp³-hybridized carbons (Fsp3) is 0.348. The minimum Gasteiger partial charge on any atom is -0.335 e. The highest BCUT2D eigenvalue weighted by Crippen LogP contribution is 2.34. The van der Waals surface area contributed by atoms with E-state index >= 15 is 0 Å². The third kappa shape index (κ3) is 3.01. The third-order valence-electron chi connectivity index (χ3n) is 5.80. The van der Waals surface area contributed by atoms with E-state index in [0.717, 1.165) is 24.8 Å². The number of aryl methyl sites for hydroxylation is 3. The lowest BCUT2D eigenvalue weighted by atomic mass is 9.87. The van der Waals surface area contributed by atoms with Crippen molar-refractivity contribution in [3.05, 3.63) is 75.2 Å². The van der Waals surface area contributed by atoms with Crippen molar-refractivity contribution >= 4 is 16.9 Å². The number of carbonyl (C=O) groups excluding carboxylic acids is 1. The molecule has 1 heterocycles. The summed E-state index contributed by atoms with van der Waals surface area (Å²) in [5, 5.41) is 0. The molecule has 1 aliphatic carbocycles. The number of benzene rings is 2. The maximum atomic E-state index is 13.2. The van der Waals surface area contributed by atoms with Crippen molar-refractivity contribution in [3.63, 3.8) is 0 Å². The maximum absolute atomic E-state index is 13.2. The van der Waals surface area contributed by atoms with Crippen LogP contribution in [0.25, 0.3) is 11.0 Å². The molecule has 0 saturated heterocycles. The molecule has 3 aromatic rings. The van der Waals surface area contributed by atoms with Crippen molar-refractivity contribution in [2.24, 2.45) is 0 Å². The topological polar surface area (TPSA) is 55.2 Å². The minimum absolute atomic E-state index is 0.0164. The highest BCUT2D eigenvalue weighted by Gasteiger charge is 2.27. The lowest BCUT2D eigenvalue weighted by Crippen LogP contribution is -2.33. The number of fused-ring (bicyclic) bond motifs is 2. The van der Waals surface area contributed by atoms with E-state index in [2.05, 4.69) is 23.2 Å². The van der Waals surface area contributed by atoms with Crippen molar-refractivity contribution in [1.82, 2.24) is 14.5 Å². The molecule has 5 nitrogen and oxygen atoms in total. The second kappa shape index (κ2) is 7.23. The van der Waals surface area contributed by atoms with E-state index in [1.807, 2.05) is 37.1 Å². The summed E-state index contributed by atoms with van der Waals surface area (Å²) in [4.78, 5) is 31.8. The Balaban J connectivity index is 1.71. The van der Waals surface area contributed by atoms with E-state index in [0.29, 0.717) is 23.3 Å². The second-order valence-electron chi connectivity index (χ2n) is 7.47. The van der Waals surface area contributed by atoms with Crippen molar-refractivity contribution < 1.29 is 4.79 Å². The molecule has 144 valence electrons. The van der Waals surface area contributed by atoms with Gasteiger partial charge in [-0.3, -0.25) is 9.59 Å². The average molecular weight is 375 g/mol. The Kier molecular flexibility index (Phi) is 4.75. The molecular formula is C23H25N3O2. The highest BCUT2D eigenvalue weighted by molar-refractivity contribution is 5.97. The van der Waals surface area contributed by atoms with Gasteiger partial charge in [0.2, 0.25) is 0 Å². The molecule has 4 rings (SSSR count). The summed E-state index contributed by atoms with van der Waals surface area (Å²) in [6.45, 7) is 4.23. The monoisotopic (exact) mass is 375 g/mol. The molecule has 1 aromatic heterocycles. The first-order chi connectivity index (χ1) is 13.5. The Labute approximate surface area is 164 Å². The van der Waals surface area contributed by atoms with Crippen LogP contribution in [0, 0.1) is 6.92 Å². The fourth-order valence-electron chi connectivity index (χ4n) is 4.30. The van der Waals surface area contributed by atoms with Crippen LogP contribution in [0.15, 0.2) is 47.3 Å². The standard InChI is InChI=1S/C23H25N3O2/c1-4-26-21-13-12-17(14-19(21)24-15(2)22(26)27)23(28)25(3)20-11-7-9-16-8-5-6-10-18(16)20/h5-6,8,10,12-14,20H,4,7,9,11H2,1-3H3/t20-/m1/s1. The quantitative estimate of drug-likeness (QED) is 0.698. The number of rotatable bonds is 3. The maximum Gasteiger partial charge on any atom is 0.272 e. The molecule has 0 aliphatic heterocycles. The molecule has 0 N–H and O–H groups in total.